The fourth-order valence-corrected chi connectivity index (χ4v) is 2.14. The molecule has 0 amide bonds. The summed E-state index contributed by atoms with van der Waals surface area (Å²) in [6.07, 6.45) is 1.63. The molecular weight excluding hydrogens is 280 g/mol. The van der Waals surface area contributed by atoms with E-state index in [-0.39, 0.29) is 5.56 Å². The predicted molar refractivity (Wildman–Crippen MR) is 72.0 cm³/mol. The zero-order chi connectivity index (χ0) is 12.4. The molecule has 0 aliphatic carbocycles. The van der Waals surface area contributed by atoms with Gasteiger partial charge in [-0.3, -0.25) is 9.36 Å². The Kier molecular flexibility index (Phi) is 3.43. The molecular formula is C13H13BrN2O. The third-order valence-corrected chi connectivity index (χ3v) is 3.11. The minimum Gasteiger partial charge on any atom is -0.293 e. The molecule has 1 aromatic heterocycles. The third-order valence-electron chi connectivity index (χ3n) is 2.62. The second kappa shape index (κ2) is 4.84. The Morgan fingerprint density at radius 2 is 2.18 bits per heavy atom. The molecule has 4 heteroatoms. The van der Waals surface area contributed by atoms with Gasteiger partial charge in [0.25, 0.3) is 5.56 Å². The topological polar surface area (TPSA) is 34.9 Å². The first-order chi connectivity index (χ1) is 8.13. The van der Waals surface area contributed by atoms with Gasteiger partial charge in [0, 0.05) is 28.3 Å². The molecule has 0 unspecified atom stereocenters. The smallest absolute Gasteiger partial charge is 0.256 e. The number of rotatable bonds is 2. The van der Waals surface area contributed by atoms with Crippen LogP contribution in [-0.2, 0) is 6.54 Å². The molecule has 1 heterocycles. The normalized spacial score (nSPS) is 10.5. The van der Waals surface area contributed by atoms with Crippen LogP contribution >= 0.6 is 15.9 Å². The molecule has 88 valence electrons. The first-order valence-electron chi connectivity index (χ1n) is 5.46. The Bertz CT molecular complexity index is 605. The highest BCUT2D eigenvalue weighted by atomic mass is 79.9. The summed E-state index contributed by atoms with van der Waals surface area (Å²) in [6.45, 7) is 4.35. The lowest BCUT2D eigenvalue weighted by Gasteiger charge is -2.10. The maximum Gasteiger partial charge on any atom is 0.256 e. The number of aryl methyl sites for hydroxylation is 1. The minimum atomic E-state index is 0.0254. The van der Waals surface area contributed by atoms with Gasteiger partial charge >= 0.3 is 0 Å². The van der Waals surface area contributed by atoms with Crippen molar-refractivity contribution in [1.29, 1.82) is 0 Å². The van der Waals surface area contributed by atoms with Gasteiger partial charge in [-0.2, -0.15) is 0 Å². The fraction of sp³-hybridized carbons (Fsp3) is 0.231. The van der Waals surface area contributed by atoms with E-state index in [0.717, 1.165) is 10.0 Å². The van der Waals surface area contributed by atoms with E-state index in [1.165, 1.54) is 0 Å². The second-order valence-electron chi connectivity index (χ2n) is 3.82. The van der Waals surface area contributed by atoms with Crippen LogP contribution in [0.5, 0.6) is 0 Å². The molecule has 0 aliphatic heterocycles. The lowest BCUT2D eigenvalue weighted by Crippen LogP contribution is -2.24. The zero-order valence-electron chi connectivity index (χ0n) is 9.77. The molecule has 0 N–H and O–H groups in total. The summed E-state index contributed by atoms with van der Waals surface area (Å²) < 4.78 is 2.67. The van der Waals surface area contributed by atoms with E-state index in [9.17, 15) is 4.79 Å². The quantitative estimate of drug-likeness (QED) is 0.853. The van der Waals surface area contributed by atoms with Crippen LogP contribution in [0.15, 0.2) is 39.7 Å². The molecule has 0 bridgehead atoms. The first kappa shape index (κ1) is 12.0. The molecule has 1 aromatic carbocycles. The van der Waals surface area contributed by atoms with Crippen LogP contribution in [0.1, 0.15) is 12.5 Å². The summed E-state index contributed by atoms with van der Waals surface area (Å²) in [5.74, 6) is 0.712. The van der Waals surface area contributed by atoms with Crippen LogP contribution in [0.3, 0.4) is 0 Å². The van der Waals surface area contributed by atoms with Crippen molar-refractivity contribution in [3.05, 3.63) is 50.9 Å². The summed E-state index contributed by atoms with van der Waals surface area (Å²) >= 11 is 3.42. The number of hydrogen-bond donors (Lipinski definition) is 0. The van der Waals surface area contributed by atoms with E-state index in [0.29, 0.717) is 17.9 Å². The number of halogens is 1. The van der Waals surface area contributed by atoms with E-state index in [1.54, 1.807) is 17.7 Å². The number of benzene rings is 1. The van der Waals surface area contributed by atoms with Gasteiger partial charge in [0.1, 0.15) is 5.82 Å². The van der Waals surface area contributed by atoms with Gasteiger partial charge in [-0.05, 0) is 26.0 Å². The molecule has 0 atom stereocenters. The Labute approximate surface area is 108 Å². The van der Waals surface area contributed by atoms with Gasteiger partial charge in [-0.1, -0.05) is 28.1 Å². The lowest BCUT2D eigenvalue weighted by atomic mass is 10.2. The zero-order valence-corrected chi connectivity index (χ0v) is 11.4. The van der Waals surface area contributed by atoms with Crippen LogP contribution < -0.4 is 5.56 Å². The van der Waals surface area contributed by atoms with Crippen LogP contribution in [0.2, 0.25) is 0 Å². The largest absolute Gasteiger partial charge is 0.293 e. The van der Waals surface area contributed by atoms with Crippen molar-refractivity contribution < 1.29 is 0 Å². The molecule has 0 radical (unpaired) electrons. The van der Waals surface area contributed by atoms with Crippen LogP contribution in [-0.4, -0.2) is 9.55 Å². The average molecular weight is 293 g/mol. The molecule has 2 aromatic rings. The lowest BCUT2D eigenvalue weighted by molar-refractivity contribution is 0.710. The van der Waals surface area contributed by atoms with Crippen molar-refractivity contribution >= 4 is 15.9 Å². The van der Waals surface area contributed by atoms with Gasteiger partial charge in [0.05, 0.1) is 0 Å². The molecule has 0 aliphatic rings. The van der Waals surface area contributed by atoms with Crippen molar-refractivity contribution in [3.63, 3.8) is 0 Å². The summed E-state index contributed by atoms with van der Waals surface area (Å²) in [4.78, 5) is 16.4. The summed E-state index contributed by atoms with van der Waals surface area (Å²) in [6, 6.07) is 7.80. The maximum atomic E-state index is 12.0. The number of nitrogens with zero attached hydrogens (tertiary/aromatic N) is 2. The third kappa shape index (κ3) is 2.31. The van der Waals surface area contributed by atoms with E-state index in [4.69, 9.17) is 0 Å². The van der Waals surface area contributed by atoms with Gasteiger partial charge in [0.15, 0.2) is 0 Å². The molecule has 17 heavy (non-hydrogen) atoms. The molecule has 2 rings (SSSR count). The Balaban J connectivity index is 2.68. The van der Waals surface area contributed by atoms with E-state index in [1.807, 2.05) is 31.2 Å². The summed E-state index contributed by atoms with van der Waals surface area (Å²) in [5, 5.41) is 0. The van der Waals surface area contributed by atoms with Gasteiger partial charge in [-0.15, -0.1) is 0 Å². The second-order valence-corrected chi connectivity index (χ2v) is 4.74. The van der Waals surface area contributed by atoms with E-state index in [2.05, 4.69) is 20.9 Å². The van der Waals surface area contributed by atoms with Crippen molar-refractivity contribution in [3.8, 4) is 11.4 Å². The van der Waals surface area contributed by atoms with Crippen molar-refractivity contribution in [2.75, 3.05) is 0 Å². The molecule has 0 fully saturated rings. The Hall–Kier alpha value is -1.42. The van der Waals surface area contributed by atoms with Crippen molar-refractivity contribution in [2.24, 2.45) is 0 Å². The van der Waals surface area contributed by atoms with Crippen molar-refractivity contribution in [2.45, 2.75) is 20.4 Å². The predicted octanol–water partition coefficient (Wildman–Crippen LogP) is 3.00. The van der Waals surface area contributed by atoms with Crippen LogP contribution in [0.4, 0.5) is 0 Å². The number of hydrogen-bond acceptors (Lipinski definition) is 2. The van der Waals surface area contributed by atoms with Gasteiger partial charge in [0.2, 0.25) is 0 Å². The van der Waals surface area contributed by atoms with E-state index >= 15 is 0 Å². The first-order valence-corrected chi connectivity index (χ1v) is 6.25. The van der Waals surface area contributed by atoms with Gasteiger partial charge in [-0.25, -0.2) is 4.98 Å². The van der Waals surface area contributed by atoms with Crippen LogP contribution in [0, 0.1) is 6.92 Å². The minimum absolute atomic E-state index is 0.0254. The molecule has 3 nitrogen and oxygen atoms in total. The monoisotopic (exact) mass is 292 g/mol. The Morgan fingerprint density at radius 1 is 1.41 bits per heavy atom. The molecule has 0 saturated carbocycles. The highest BCUT2D eigenvalue weighted by Crippen LogP contribution is 2.20. The fourth-order valence-electron chi connectivity index (χ4n) is 1.74. The summed E-state index contributed by atoms with van der Waals surface area (Å²) in [7, 11) is 0. The summed E-state index contributed by atoms with van der Waals surface area (Å²) in [5.41, 5.74) is 1.64. The number of aromatic nitrogens is 2. The van der Waals surface area contributed by atoms with Gasteiger partial charge < -0.3 is 0 Å². The van der Waals surface area contributed by atoms with Crippen LogP contribution in [0.25, 0.3) is 11.4 Å². The standard InChI is InChI=1S/C13H13BrN2O/c1-3-16-12(15-8-9(2)13(16)17)10-5-4-6-11(14)7-10/h4-8H,3H2,1-2H3. The maximum absolute atomic E-state index is 12.0. The average Bonchev–Trinajstić information content (AvgIpc) is 2.32. The van der Waals surface area contributed by atoms with E-state index < -0.39 is 0 Å². The van der Waals surface area contributed by atoms with Crippen molar-refractivity contribution in [1.82, 2.24) is 9.55 Å². The highest BCUT2D eigenvalue weighted by Gasteiger charge is 2.08. The SMILES string of the molecule is CCn1c(-c2cccc(Br)c2)ncc(C)c1=O. The molecule has 0 spiro atoms. The Morgan fingerprint density at radius 3 is 2.82 bits per heavy atom. The molecule has 0 saturated heterocycles. The highest BCUT2D eigenvalue weighted by molar-refractivity contribution is 9.10.